The smallest absolute Gasteiger partial charge is 0.267 e. The van der Waals surface area contributed by atoms with Gasteiger partial charge in [-0.15, -0.1) is 0 Å². The number of hydrogen-bond donors (Lipinski definition) is 6. The van der Waals surface area contributed by atoms with Crippen molar-refractivity contribution in [2.75, 3.05) is 11.9 Å². The molecule has 0 radical (unpaired) electrons. The summed E-state index contributed by atoms with van der Waals surface area (Å²) in [6, 6.07) is 12.5. The Kier molecular flexibility index (Phi) is 8.76. The third kappa shape index (κ3) is 7.15. The summed E-state index contributed by atoms with van der Waals surface area (Å²) in [5.74, 6) is 4.64. The van der Waals surface area contributed by atoms with Gasteiger partial charge in [-0.05, 0) is 62.2 Å². The molecule has 2 atom stereocenters. The van der Waals surface area contributed by atoms with Crippen molar-refractivity contribution in [1.82, 2.24) is 16.1 Å². The molecular formula is C25H29N5O4. The quantitative estimate of drug-likeness (QED) is 0.197. The van der Waals surface area contributed by atoms with E-state index in [2.05, 4.69) is 27.8 Å². The number of benzene rings is 2. The van der Waals surface area contributed by atoms with Crippen molar-refractivity contribution < 1.29 is 19.6 Å². The van der Waals surface area contributed by atoms with Crippen LogP contribution in [0.15, 0.2) is 48.5 Å². The maximum atomic E-state index is 12.5. The lowest BCUT2D eigenvalue weighted by Crippen LogP contribution is -2.54. The number of carbonyl (C=O) groups excluding carboxylic acids is 3. The fraction of sp³-hybridized carbons (Fsp3) is 0.320. The van der Waals surface area contributed by atoms with Gasteiger partial charge in [0.15, 0.2) is 0 Å². The van der Waals surface area contributed by atoms with Crippen LogP contribution in [0.3, 0.4) is 0 Å². The summed E-state index contributed by atoms with van der Waals surface area (Å²) in [7, 11) is 0. The average Bonchev–Trinajstić information content (AvgIpc) is 2.80. The predicted molar refractivity (Wildman–Crippen MR) is 128 cm³/mol. The van der Waals surface area contributed by atoms with Crippen LogP contribution < -0.4 is 27.2 Å². The van der Waals surface area contributed by atoms with Gasteiger partial charge >= 0.3 is 0 Å². The summed E-state index contributed by atoms with van der Waals surface area (Å²) in [4.78, 5) is 36.2. The van der Waals surface area contributed by atoms with Crippen LogP contribution in [0.2, 0.25) is 0 Å². The number of nitrogens with two attached hydrogens (primary N) is 1. The Bertz CT molecular complexity index is 1080. The Hall–Kier alpha value is -3.71. The molecule has 0 saturated heterocycles. The van der Waals surface area contributed by atoms with E-state index in [-0.39, 0.29) is 5.91 Å². The molecule has 0 aliphatic heterocycles. The Labute approximate surface area is 198 Å². The molecule has 1 saturated carbocycles. The first kappa shape index (κ1) is 24.9. The van der Waals surface area contributed by atoms with Crippen LogP contribution in [0.5, 0.6) is 0 Å². The molecule has 34 heavy (non-hydrogen) atoms. The van der Waals surface area contributed by atoms with Crippen molar-refractivity contribution in [2.24, 2.45) is 5.73 Å². The highest BCUT2D eigenvalue weighted by Gasteiger charge is 2.24. The van der Waals surface area contributed by atoms with Crippen molar-refractivity contribution in [3.63, 3.8) is 0 Å². The molecule has 178 valence electrons. The third-order valence-corrected chi connectivity index (χ3v) is 5.51. The Morgan fingerprint density at radius 2 is 1.79 bits per heavy atom. The number of hydrogen-bond acceptors (Lipinski definition) is 6. The van der Waals surface area contributed by atoms with Gasteiger partial charge in [0.05, 0.1) is 6.54 Å². The molecule has 7 N–H and O–H groups in total. The van der Waals surface area contributed by atoms with Crippen LogP contribution in [0.4, 0.5) is 5.69 Å². The molecule has 1 aliphatic rings. The zero-order valence-electron chi connectivity index (χ0n) is 18.9. The SMILES string of the molecule is C[C@@H](N)[C@H](NC(=O)c1cccc(C#Cc2ccc(NC(=O)CNC3CCC3)cc2)c1)C(=O)NO. The zero-order chi connectivity index (χ0) is 24.5. The van der Waals surface area contributed by atoms with Crippen molar-refractivity contribution in [3.8, 4) is 11.8 Å². The standard InChI is InChI=1S/C25H29N5O4/c1-16(26)23(25(33)30-34)29-24(32)19-5-2-4-18(14-19)9-8-17-10-12-21(13-11-17)28-22(31)15-27-20-6-3-7-20/h2,4-5,10-14,16,20,23,27,34H,3,6-7,15,26H2,1H3,(H,28,31)(H,29,32)(H,30,33)/t16-,23+/m1/s1. The lowest BCUT2D eigenvalue weighted by Gasteiger charge is -2.26. The molecule has 0 aromatic heterocycles. The van der Waals surface area contributed by atoms with Gasteiger partial charge in [-0.1, -0.05) is 24.3 Å². The molecule has 3 rings (SSSR count). The molecular weight excluding hydrogens is 434 g/mol. The normalized spacial score (nSPS) is 14.6. The maximum absolute atomic E-state index is 12.5. The van der Waals surface area contributed by atoms with Crippen LogP contribution in [-0.2, 0) is 9.59 Å². The Morgan fingerprint density at radius 1 is 1.09 bits per heavy atom. The van der Waals surface area contributed by atoms with Gasteiger partial charge in [-0.2, -0.15) is 0 Å². The topological polar surface area (TPSA) is 146 Å². The van der Waals surface area contributed by atoms with Gasteiger partial charge in [-0.25, -0.2) is 5.48 Å². The van der Waals surface area contributed by atoms with E-state index in [4.69, 9.17) is 10.9 Å². The van der Waals surface area contributed by atoms with Crippen LogP contribution in [0, 0.1) is 11.8 Å². The first-order valence-electron chi connectivity index (χ1n) is 11.1. The summed E-state index contributed by atoms with van der Waals surface area (Å²) < 4.78 is 0. The molecule has 9 nitrogen and oxygen atoms in total. The molecule has 1 fully saturated rings. The minimum absolute atomic E-state index is 0.0800. The van der Waals surface area contributed by atoms with Crippen LogP contribution in [-0.4, -0.2) is 47.6 Å². The lowest BCUT2D eigenvalue weighted by molar-refractivity contribution is -0.131. The molecule has 0 heterocycles. The molecule has 2 aromatic rings. The van der Waals surface area contributed by atoms with Crippen LogP contribution in [0.1, 0.15) is 47.7 Å². The van der Waals surface area contributed by atoms with E-state index >= 15 is 0 Å². The summed E-state index contributed by atoms with van der Waals surface area (Å²) in [6.07, 6.45) is 3.47. The number of nitrogens with one attached hydrogen (secondary N) is 4. The van der Waals surface area contributed by atoms with Gasteiger partial charge in [0.25, 0.3) is 11.8 Å². The second-order valence-corrected chi connectivity index (χ2v) is 8.25. The van der Waals surface area contributed by atoms with Gasteiger partial charge in [-0.3, -0.25) is 19.6 Å². The van der Waals surface area contributed by atoms with E-state index in [1.165, 1.54) is 11.9 Å². The second kappa shape index (κ2) is 12.0. The van der Waals surface area contributed by atoms with E-state index in [0.29, 0.717) is 29.4 Å². The fourth-order valence-electron chi connectivity index (χ4n) is 3.30. The molecule has 1 aliphatic carbocycles. The second-order valence-electron chi connectivity index (χ2n) is 8.25. The van der Waals surface area contributed by atoms with Crippen molar-refractivity contribution >= 4 is 23.4 Å². The van der Waals surface area contributed by atoms with E-state index in [9.17, 15) is 14.4 Å². The van der Waals surface area contributed by atoms with Crippen LogP contribution >= 0.6 is 0 Å². The molecule has 0 spiro atoms. The number of anilines is 1. The van der Waals surface area contributed by atoms with Crippen LogP contribution in [0.25, 0.3) is 0 Å². The van der Waals surface area contributed by atoms with E-state index in [1.54, 1.807) is 55.5 Å². The monoisotopic (exact) mass is 463 g/mol. The molecule has 2 aromatic carbocycles. The summed E-state index contributed by atoms with van der Waals surface area (Å²) >= 11 is 0. The number of amides is 3. The molecule has 9 heteroatoms. The van der Waals surface area contributed by atoms with E-state index in [0.717, 1.165) is 18.4 Å². The average molecular weight is 464 g/mol. The minimum atomic E-state index is -1.08. The fourth-order valence-corrected chi connectivity index (χ4v) is 3.30. The van der Waals surface area contributed by atoms with Crippen molar-refractivity contribution in [3.05, 3.63) is 65.2 Å². The molecule has 3 amide bonds. The van der Waals surface area contributed by atoms with Crippen molar-refractivity contribution in [1.29, 1.82) is 0 Å². The third-order valence-electron chi connectivity index (χ3n) is 5.51. The number of hydroxylamine groups is 1. The zero-order valence-corrected chi connectivity index (χ0v) is 18.9. The van der Waals surface area contributed by atoms with Gasteiger partial charge < -0.3 is 21.7 Å². The summed E-state index contributed by atoms with van der Waals surface area (Å²) in [5, 5.41) is 17.4. The largest absolute Gasteiger partial charge is 0.339 e. The minimum Gasteiger partial charge on any atom is -0.339 e. The highest BCUT2D eigenvalue weighted by molar-refractivity contribution is 5.98. The summed E-state index contributed by atoms with van der Waals surface area (Å²) in [6.45, 7) is 1.84. The molecule has 0 bridgehead atoms. The number of rotatable bonds is 8. The van der Waals surface area contributed by atoms with Gasteiger partial charge in [0.1, 0.15) is 6.04 Å². The van der Waals surface area contributed by atoms with E-state index in [1.807, 2.05) is 0 Å². The first-order valence-corrected chi connectivity index (χ1v) is 11.1. The Morgan fingerprint density at radius 3 is 2.41 bits per heavy atom. The predicted octanol–water partition coefficient (Wildman–Crippen LogP) is 1.12. The highest BCUT2D eigenvalue weighted by atomic mass is 16.5. The van der Waals surface area contributed by atoms with Gasteiger partial charge in [0.2, 0.25) is 5.91 Å². The Balaban J connectivity index is 1.59. The van der Waals surface area contributed by atoms with E-state index < -0.39 is 23.9 Å². The number of carbonyl (C=O) groups is 3. The maximum Gasteiger partial charge on any atom is 0.267 e. The highest BCUT2D eigenvalue weighted by Crippen LogP contribution is 2.17. The molecule has 0 unspecified atom stereocenters. The first-order chi connectivity index (χ1) is 16.4. The lowest BCUT2D eigenvalue weighted by atomic mass is 9.93. The van der Waals surface area contributed by atoms with Gasteiger partial charge in [0, 0.05) is 34.5 Å². The van der Waals surface area contributed by atoms with Crippen molar-refractivity contribution in [2.45, 2.75) is 44.3 Å². The summed E-state index contributed by atoms with van der Waals surface area (Å²) in [5.41, 5.74) is 9.57.